The zero-order chi connectivity index (χ0) is 13.2. The molecule has 18 heavy (non-hydrogen) atoms. The van der Waals surface area contributed by atoms with E-state index in [2.05, 4.69) is 20.8 Å². The molecule has 0 atom stereocenters. The summed E-state index contributed by atoms with van der Waals surface area (Å²) in [6, 6.07) is 11.6. The molecule has 0 aliphatic rings. The van der Waals surface area contributed by atoms with Gasteiger partial charge < -0.3 is 9.84 Å². The number of hydrogen-bond acceptors (Lipinski definition) is 2. The molecule has 0 amide bonds. The second-order valence-electron chi connectivity index (χ2n) is 5.83. The number of fused-ring (bicyclic) bond motifs is 1. The molecular formula is C16H20O2. The molecule has 96 valence electrons. The number of phenols is 1. The average molecular weight is 244 g/mol. The van der Waals surface area contributed by atoms with Crippen LogP contribution in [0.3, 0.4) is 0 Å². The molecule has 0 aliphatic heterocycles. The van der Waals surface area contributed by atoms with Crippen LogP contribution in [-0.4, -0.2) is 11.7 Å². The Labute approximate surface area is 108 Å². The molecule has 2 aromatic rings. The summed E-state index contributed by atoms with van der Waals surface area (Å²) in [6.45, 7) is 7.15. The van der Waals surface area contributed by atoms with Crippen molar-refractivity contribution < 1.29 is 9.84 Å². The Morgan fingerprint density at radius 2 is 1.67 bits per heavy atom. The summed E-state index contributed by atoms with van der Waals surface area (Å²) in [6.07, 6.45) is 0.958. The van der Waals surface area contributed by atoms with E-state index in [-0.39, 0.29) is 11.2 Å². The van der Waals surface area contributed by atoms with Gasteiger partial charge in [0.1, 0.15) is 0 Å². The summed E-state index contributed by atoms with van der Waals surface area (Å²) in [5, 5.41) is 12.0. The highest BCUT2D eigenvalue weighted by molar-refractivity contribution is 5.85. The maximum atomic E-state index is 9.91. The third kappa shape index (κ3) is 3.16. The summed E-state index contributed by atoms with van der Waals surface area (Å²) in [4.78, 5) is 0. The standard InChI is InChI=1S/C16H20O2/c1-16(2,3)8-9-18-15-11-13-7-5-4-6-12(13)10-14(15)17/h4-7,10-11,17H,8-9H2,1-3H3. The van der Waals surface area contributed by atoms with Gasteiger partial charge in [0, 0.05) is 0 Å². The molecule has 0 unspecified atom stereocenters. The minimum Gasteiger partial charge on any atom is -0.504 e. The molecule has 0 aromatic heterocycles. The van der Waals surface area contributed by atoms with Crippen molar-refractivity contribution in [2.75, 3.05) is 6.61 Å². The first-order valence-electron chi connectivity index (χ1n) is 6.30. The third-order valence-corrected chi connectivity index (χ3v) is 2.94. The van der Waals surface area contributed by atoms with Crippen molar-refractivity contribution in [2.45, 2.75) is 27.2 Å². The van der Waals surface area contributed by atoms with Crippen molar-refractivity contribution >= 4 is 10.8 Å². The molecule has 1 N–H and O–H groups in total. The van der Waals surface area contributed by atoms with Crippen LogP contribution in [0.25, 0.3) is 10.8 Å². The Morgan fingerprint density at radius 3 is 2.28 bits per heavy atom. The quantitative estimate of drug-likeness (QED) is 0.869. The average Bonchev–Trinajstić information content (AvgIpc) is 2.28. The SMILES string of the molecule is CC(C)(C)CCOc1cc2ccccc2cc1O. The number of ether oxygens (including phenoxy) is 1. The van der Waals surface area contributed by atoms with E-state index in [9.17, 15) is 5.11 Å². The molecule has 0 bridgehead atoms. The van der Waals surface area contributed by atoms with Crippen LogP contribution in [0.1, 0.15) is 27.2 Å². The van der Waals surface area contributed by atoms with Crippen molar-refractivity contribution in [3.63, 3.8) is 0 Å². The van der Waals surface area contributed by atoms with Gasteiger partial charge >= 0.3 is 0 Å². The molecule has 0 radical (unpaired) electrons. The van der Waals surface area contributed by atoms with Crippen LogP contribution in [0.2, 0.25) is 0 Å². The van der Waals surface area contributed by atoms with Gasteiger partial charge in [0.15, 0.2) is 11.5 Å². The molecule has 0 aliphatic carbocycles. The minimum absolute atomic E-state index is 0.211. The molecule has 0 spiro atoms. The van der Waals surface area contributed by atoms with Gasteiger partial charge in [-0.1, -0.05) is 45.0 Å². The van der Waals surface area contributed by atoms with E-state index >= 15 is 0 Å². The molecule has 2 nitrogen and oxygen atoms in total. The van der Waals surface area contributed by atoms with E-state index in [0.717, 1.165) is 17.2 Å². The van der Waals surface area contributed by atoms with E-state index in [1.165, 1.54) is 0 Å². The van der Waals surface area contributed by atoms with Gasteiger partial charge in [0.05, 0.1) is 6.61 Å². The van der Waals surface area contributed by atoms with Crippen LogP contribution in [0, 0.1) is 5.41 Å². The summed E-state index contributed by atoms with van der Waals surface area (Å²) < 4.78 is 5.67. The lowest BCUT2D eigenvalue weighted by Gasteiger charge is -2.18. The summed E-state index contributed by atoms with van der Waals surface area (Å²) in [5.74, 6) is 0.778. The number of hydrogen-bond donors (Lipinski definition) is 1. The Hall–Kier alpha value is -1.70. The van der Waals surface area contributed by atoms with Gasteiger partial charge in [-0.3, -0.25) is 0 Å². The van der Waals surface area contributed by atoms with Gasteiger partial charge in [0.2, 0.25) is 0 Å². The minimum atomic E-state index is 0.211. The first-order chi connectivity index (χ1) is 8.46. The number of benzene rings is 2. The highest BCUT2D eigenvalue weighted by Crippen LogP contribution is 2.32. The van der Waals surface area contributed by atoms with Gasteiger partial charge in [0.25, 0.3) is 0 Å². The third-order valence-electron chi connectivity index (χ3n) is 2.94. The first-order valence-corrected chi connectivity index (χ1v) is 6.30. The van der Waals surface area contributed by atoms with Crippen molar-refractivity contribution in [3.8, 4) is 11.5 Å². The Bertz CT molecular complexity index is 538. The van der Waals surface area contributed by atoms with Crippen LogP contribution in [0.15, 0.2) is 36.4 Å². The van der Waals surface area contributed by atoms with Crippen LogP contribution in [0.5, 0.6) is 11.5 Å². The second-order valence-corrected chi connectivity index (χ2v) is 5.83. The maximum Gasteiger partial charge on any atom is 0.161 e. The molecule has 2 heteroatoms. The van der Waals surface area contributed by atoms with Gasteiger partial charge in [-0.2, -0.15) is 0 Å². The lowest BCUT2D eigenvalue weighted by molar-refractivity contribution is 0.236. The van der Waals surface area contributed by atoms with Crippen LogP contribution in [-0.2, 0) is 0 Å². The molecular weight excluding hydrogens is 224 g/mol. The van der Waals surface area contributed by atoms with E-state index in [0.29, 0.717) is 12.4 Å². The summed E-state index contributed by atoms with van der Waals surface area (Å²) in [7, 11) is 0. The van der Waals surface area contributed by atoms with Crippen molar-refractivity contribution in [1.29, 1.82) is 0 Å². The van der Waals surface area contributed by atoms with E-state index < -0.39 is 0 Å². The largest absolute Gasteiger partial charge is 0.504 e. The van der Waals surface area contributed by atoms with E-state index in [4.69, 9.17) is 4.74 Å². The Kier molecular flexibility index (Phi) is 3.46. The van der Waals surface area contributed by atoms with Gasteiger partial charge in [-0.05, 0) is 34.7 Å². The molecule has 2 rings (SSSR count). The van der Waals surface area contributed by atoms with Crippen molar-refractivity contribution in [3.05, 3.63) is 36.4 Å². The monoisotopic (exact) mass is 244 g/mol. The lowest BCUT2D eigenvalue weighted by atomic mass is 9.93. The maximum absolute atomic E-state index is 9.91. The predicted molar refractivity (Wildman–Crippen MR) is 75.2 cm³/mol. The number of aromatic hydroxyl groups is 1. The molecule has 0 saturated carbocycles. The smallest absolute Gasteiger partial charge is 0.161 e. The lowest BCUT2D eigenvalue weighted by Crippen LogP contribution is -2.11. The molecule has 2 aromatic carbocycles. The topological polar surface area (TPSA) is 29.5 Å². The predicted octanol–water partition coefficient (Wildman–Crippen LogP) is 4.36. The number of rotatable bonds is 3. The van der Waals surface area contributed by atoms with E-state index in [1.807, 2.05) is 30.3 Å². The molecule has 0 heterocycles. The zero-order valence-corrected chi connectivity index (χ0v) is 11.2. The van der Waals surface area contributed by atoms with Crippen LogP contribution in [0.4, 0.5) is 0 Å². The zero-order valence-electron chi connectivity index (χ0n) is 11.2. The fourth-order valence-electron chi connectivity index (χ4n) is 1.79. The second kappa shape index (κ2) is 4.89. The Morgan fingerprint density at radius 1 is 1.06 bits per heavy atom. The molecule has 0 saturated heterocycles. The number of phenolic OH excluding ortho intramolecular Hbond substituents is 1. The van der Waals surface area contributed by atoms with E-state index in [1.54, 1.807) is 6.07 Å². The fourth-order valence-corrected chi connectivity index (χ4v) is 1.79. The first kappa shape index (κ1) is 12.7. The van der Waals surface area contributed by atoms with Gasteiger partial charge in [-0.15, -0.1) is 0 Å². The highest BCUT2D eigenvalue weighted by atomic mass is 16.5. The highest BCUT2D eigenvalue weighted by Gasteiger charge is 2.11. The fraction of sp³-hybridized carbons (Fsp3) is 0.375. The van der Waals surface area contributed by atoms with Gasteiger partial charge in [-0.25, -0.2) is 0 Å². The normalized spacial score (nSPS) is 11.7. The Balaban J connectivity index is 2.15. The molecule has 0 fully saturated rings. The van der Waals surface area contributed by atoms with Crippen molar-refractivity contribution in [1.82, 2.24) is 0 Å². The summed E-state index contributed by atoms with van der Waals surface area (Å²) in [5.41, 5.74) is 0.243. The van der Waals surface area contributed by atoms with Crippen LogP contribution < -0.4 is 4.74 Å². The van der Waals surface area contributed by atoms with Crippen molar-refractivity contribution in [2.24, 2.45) is 5.41 Å². The van der Waals surface area contributed by atoms with Crippen LogP contribution >= 0.6 is 0 Å². The summed E-state index contributed by atoms with van der Waals surface area (Å²) >= 11 is 0.